The van der Waals surface area contributed by atoms with Gasteiger partial charge < -0.3 is 19.3 Å². The molecule has 0 saturated carbocycles. The van der Waals surface area contributed by atoms with Crippen LogP contribution < -0.4 is 9.64 Å². The van der Waals surface area contributed by atoms with Crippen LogP contribution in [-0.4, -0.2) is 59.5 Å². The van der Waals surface area contributed by atoms with Gasteiger partial charge in [0, 0.05) is 38.6 Å². The van der Waals surface area contributed by atoms with Gasteiger partial charge in [0.15, 0.2) is 6.61 Å². The molecule has 1 saturated heterocycles. The SMILES string of the molecule is O=C(OCC(=O)N1CCN(c2ncccn2)CC1)c1cccc(OCc2ccccc2)c1. The number of hydrogen-bond donors (Lipinski definition) is 0. The maximum atomic E-state index is 12.5. The summed E-state index contributed by atoms with van der Waals surface area (Å²) < 4.78 is 11.0. The van der Waals surface area contributed by atoms with Gasteiger partial charge in [0.05, 0.1) is 5.56 Å². The van der Waals surface area contributed by atoms with Gasteiger partial charge in [-0.25, -0.2) is 14.8 Å². The Labute approximate surface area is 186 Å². The molecule has 8 heteroatoms. The zero-order chi connectivity index (χ0) is 22.2. The van der Waals surface area contributed by atoms with Crippen LogP contribution in [0.15, 0.2) is 73.1 Å². The Morgan fingerprint density at radius 3 is 2.38 bits per heavy atom. The summed E-state index contributed by atoms with van der Waals surface area (Å²) in [5, 5.41) is 0. The van der Waals surface area contributed by atoms with Crippen molar-refractivity contribution in [1.29, 1.82) is 0 Å². The van der Waals surface area contributed by atoms with E-state index in [1.54, 1.807) is 47.6 Å². The highest BCUT2D eigenvalue weighted by atomic mass is 16.5. The monoisotopic (exact) mass is 432 g/mol. The minimum absolute atomic E-state index is 0.219. The summed E-state index contributed by atoms with van der Waals surface area (Å²) in [4.78, 5) is 37.1. The molecule has 1 aliphatic heterocycles. The lowest BCUT2D eigenvalue weighted by Crippen LogP contribution is -2.50. The number of rotatable bonds is 7. The average molecular weight is 432 g/mol. The second kappa shape index (κ2) is 10.4. The Balaban J connectivity index is 1.24. The van der Waals surface area contributed by atoms with Crippen molar-refractivity contribution in [2.45, 2.75) is 6.61 Å². The highest BCUT2D eigenvalue weighted by Gasteiger charge is 2.23. The third-order valence-electron chi connectivity index (χ3n) is 5.11. The summed E-state index contributed by atoms with van der Waals surface area (Å²) in [6.07, 6.45) is 3.39. The number of carbonyl (C=O) groups is 2. The predicted octanol–water partition coefficient (Wildman–Crippen LogP) is 2.56. The Morgan fingerprint density at radius 2 is 1.62 bits per heavy atom. The van der Waals surface area contributed by atoms with Crippen LogP contribution in [0.3, 0.4) is 0 Å². The van der Waals surface area contributed by atoms with E-state index in [4.69, 9.17) is 9.47 Å². The molecule has 32 heavy (non-hydrogen) atoms. The molecule has 2 aromatic carbocycles. The van der Waals surface area contributed by atoms with E-state index in [1.807, 2.05) is 35.2 Å². The van der Waals surface area contributed by atoms with Gasteiger partial charge in [-0.05, 0) is 29.8 Å². The number of hydrogen-bond acceptors (Lipinski definition) is 7. The summed E-state index contributed by atoms with van der Waals surface area (Å²) in [5.74, 6) is 0.442. The molecule has 164 valence electrons. The first-order valence-electron chi connectivity index (χ1n) is 10.4. The molecule has 0 aliphatic carbocycles. The molecular weight excluding hydrogens is 408 g/mol. The van der Waals surface area contributed by atoms with Gasteiger partial charge in [0.1, 0.15) is 12.4 Å². The number of benzene rings is 2. The molecule has 4 rings (SSSR count). The molecule has 0 atom stereocenters. The Kier molecular flexibility index (Phi) is 6.91. The molecular formula is C24H24N4O4. The minimum atomic E-state index is -0.556. The lowest BCUT2D eigenvalue weighted by Gasteiger charge is -2.34. The fourth-order valence-electron chi connectivity index (χ4n) is 3.37. The van der Waals surface area contributed by atoms with Crippen molar-refractivity contribution >= 4 is 17.8 Å². The van der Waals surface area contributed by atoms with Gasteiger partial charge in [-0.1, -0.05) is 36.4 Å². The maximum absolute atomic E-state index is 12.5. The van der Waals surface area contributed by atoms with Crippen molar-refractivity contribution in [2.75, 3.05) is 37.7 Å². The lowest BCUT2D eigenvalue weighted by molar-refractivity contribution is -0.134. The van der Waals surface area contributed by atoms with Crippen LogP contribution in [0.4, 0.5) is 5.95 Å². The Bertz CT molecular complexity index is 1040. The topological polar surface area (TPSA) is 84.9 Å². The van der Waals surface area contributed by atoms with E-state index in [2.05, 4.69) is 9.97 Å². The zero-order valence-electron chi connectivity index (χ0n) is 17.6. The van der Waals surface area contributed by atoms with Gasteiger partial charge in [0.25, 0.3) is 5.91 Å². The maximum Gasteiger partial charge on any atom is 0.338 e. The van der Waals surface area contributed by atoms with Crippen molar-refractivity contribution in [2.24, 2.45) is 0 Å². The molecule has 0 spiro atoms. The normalized spacial score (nSPS) is 13.5. The largest absolute Gasteiger partial charge is 0.489 e. The van der Waals surface area contributed by atoms with Gasteiger partial charge in [-0.15, -0.1) is 0 Å². The average Bonchev–Trinajstić information content (AvgIpc) is 2.87. The summed E-state index contributed by atoms with van der Waals surface area (Å²) in [6, 6.07) is 18.3. The first-order valence-corrected chi connectivity index (χ1v) is 10.4. The molecule has 8 nitrogen and oxygen atoms in total. The minimum Gasteiger partial charge on any atom is -0.489 e. The highest BCUT2D eigenvalue weighted by molar-refractivity contribution is 5.91. The van der Waals surface area contributed by atoms with Crippen molar-refractivity contribution in [3.8, 4) is 5.75 Å². The number of piperazine rings is 1. The van der Waals surface area contributed by atoms with E-state index in [1.165, 1.54) is 0 Å². The van der Waals surface area contributed by atoms with Crippen molar-refractivity contribution in [3.05, 3.63) is 84.2 Å². The fraction of sp³-hybridized carbons (Fsp3) is 0.250. The molecule has 2 heterocycles. The number of carbonyl (C=O) groups excluding carboxylic acids is 2. The van der Waals surface area contributed by atoms with Crippen molar-refractivity contribution in [3.63, 3.8) is 0 Å². The number of nitrogens with zero attached hydrogens (tertiary/aromatic N) is 4. The molecule has 1 aromatic heterocycles. The zero-order valence-corrected chi connectivity index (χ0v) is 17.6. The predicted molar refractivity (Wildman–Crippen MR) is 118 cm³/mol. The quantitative estimate of drug-likeness (QED) is 0.531. The van der Waals surface area contributed by atoms with Crippen LogP contribution in [-0.2, 0) is 16.1 Å². The van der Waals surface area contributed by atoms with E-state index in [-0.39, 0.29) is 12.5 Å². The molecule has 0 radical (unpaired) electrons. The number of anilines is 1. The molecule has 0 N–H and O–H groups in total. The highest BCUT2D eigenvalue weighted by Crippen LogP contribution is 2.16. The van der Waals surface area contributed by atoms with E-state index in [0.29, 0.717) is 50.0 Å². The van der Waals surface area contributed by atoms with Crippen LogP contribution in [0.2, 0.25) is 0 Å². The van der Waals surface area contributed by atoms with Crippen molar-refractivity contribution in [1.82, 2.24) is 14.9 Å². The second-order valence-corrected chi connectivity index (χ2v) is 7.29. The standard InChI is InChI=1S/C24H24N4O4/c29-22(27-12-14-28(15-13-27)24-25-10-5-11-26-24)18-32-23(30)20-8-4-9-21(16-20)31-17-19-6-2-1-3-7-19/h1-11,16H,12-15,17-18H2. The fourth-order valence-corrected chi connectivity index (χ4v) is 3.37. The number of ether oxygens (including phenoxy) is 2. The molecule has 1 amide bonds. The van der Waals surface area contributed by atoms with E-state index < -0.39 is 5.97 Å². The summed E-state index contributed by atoms with van der Waals surface area (Å²) in [5.41, 5.74) is 1.37. The molecule has 0 bridgehead atoms. The molecule has 1 fully saturated rings. The summed E-state index contributed by atoms with van der Waals surface area (Å²) >= 11 is 0. The van der Waals surface area contributed by atoms with Gasteiger partial charge in [-0.3, -0.25) is 4.79 Å². The van der Waals surface area contributed by atoms with Crippen LogP contribution in [0, 0.1) is 0 Å². The van der Waals surface area contributed by atoms with Crippen molar-refractivity contribution < 1.29 is 19.1 Å². The molecule has 3 aromatic rings. The first kappa shape index (κ1) is 21.3. The molecule has 1 aliphatic rings. The van der Waals surface area contributed by atoms with Gasteiger partial charge in [-0.2, -0.15) is 0 Å². The van der Waals surface area contributed by atoms with Gasteiger partial charge >= 0.3 is 5.97 Å². The second-order valence-electron chi connectivity index (χ2n) is 7.29. The summed E-state index contributed by atoms with van der Waals surface area (Å²) in [6.45, 7) is 2.41. The van der Waals surface area contributed by atoms with E-state index in [9.17, 15) is 9.59 Å². The van der Waals surface area contributed by atoms with Crippen LogP contribution >= 0.6 is 0 Å². The van der Waals surface area contributed by atoms with Crippen LogP contribution in [0.5, 0.6) is 5.75 Å². The first-order chi connectivity index (χ1) is 15.7. The lowest BCUT2D eigenvalue weighted by atomic mass is 10.2. The smallest absolute Gasteiger partial charge is 0.338 e. The number of esters is 1. The number of aromatic nitrogens is 2. The Hall–Kier alpha value is -3.94. The molecule has 0 unspecified atom stereocenters. The van der Waals surface area contributed by atoms with E-state index >= 15 is 0 Å². The van der Waals surface area contributed by atoms with E-state index in [0.717, 1.165) is 5.56 Å². The number of amides is 1. The Morgan fingerprint density at radius 1 is 0.875 bits per heavy atom. The third kappa shape index (κ3) is 5.60. The summed E-state index contributed by atoms with van der Waals surface area (Å²) in [7, 11) is 0. The van der Waals surface area contributed by atoms with Crippen LogP contribution in [0.25, 0.3) is 0 Å². The van der Waals surface area contributed by atoms with Crippen LogP contribution in [0.1, 0.15) is 15.9 Å². The third-order valence-corrected chi connectivity index (χ3v) is 5.11. The van der Waals surface area contributed by atoms with Gasteiger partial charge in [0.2, 0.25) is 5.95 Å².